The highest BCUT2D eigenvalue weighted by molar-refractivity contribution is 7.90. The normalized spacial score (nSPS) is 18.2. The van der Waals surface area contributed by atoms with Crippen LogP contribution in [-0.2, 0) is 37.2 Å². The number of carbonyl (C=O) groups excluding carboxylic acids is 4. The maximum absolute atomic E-state index is 12.9. The molecule has 2 heterocycles. The van der Waals surface area contributed by atoms with Crippen LogP contribution >= 0.6 is 0 Å². The van der Waals surface area contributed by atoms with Gasteiger partial charge < -0.3 is 10.2 Å². The molecule has 0 spiro atoms. The van der Waals surface area contributed by atoms with Crippen molar-refractivity contribution in [2.24, 2.45) is 0 Å². The van der Waals surface area contributed by atoms with E-state index in [1.165, 1.54) is 24.0 Å². The van der Waals surface area contributed by atoms with Gasteiger partial charge >= 0.3 is 0 Å². The van der Waals surface area contributed by atoms with Gasteiger partial charge in [-0.3, -0.25) is 24.5 Å². The van der Waals surface area contributed by atoms with Crippen LogP contribution in [0.4, 0.5) is 5.69 Å². The predicted octanol–water partition coefficient (Wildman–Crippen LogP) is 1.40. The molecule has 2 aromatic rings. The van der Waals surface area contributed by atoms with Crippen LogP contribution in [0.1, 0.15) is 46.8 Å². The van der Waals surface area contributed by atoms with Crippen LogP contribution in [0.15, 0.2) is 41.3 Å². The first-order chi connectivity index (χ1) is 15.5. The lowest BCUT2D eigenvalue weighted by Gasteiger charge is -2.29. The van der Waals surface area contributed by atoms with Gasteiger partial charge in [0.2, 0.25) is 17.7 Å². The highest BCUT2D eigenvalue weighted by Crippen LogP contribution is 2.30. The van der Waals surface area contributed by atoms with Gasteiger partial charge in [-0.2, -0.15) is 0 Å². The van der Waals surface area contributed by atoms with Gasteiger partial charge in [-0.05, 0) is 53.8 Å². The van der Waals surface area contributed by atoms with Crippen molar-refractivity contribution in [2.75, 3.05) is 11.6 Å². The molecule has 9 nitrogen and oxygen atoms in total. The van der Waals surface area contributed by atoms with Crippen LogP contribution in [0.5, 0.6) is 0 Å². The van der Waals surface area contributed by atoms with Gasteiger partial charge in [0.05, 0.1) is 4.90 Å². The fourth-order valence-electron chi connectivity index (χ4n) is 4.22. The Hall–Kier alpha value is -3.53. The van der Waals surface area contributed by atoms with E-state index >= 15 is 0 Å². The van der Waals surface area contributed by atoms with Crippen molar-refractivity contribution in [3.8, 4) is 0 Å². The average molecular weight is 470 g/mol. The number of piperidine rings is 1. The summed E-state index contributed by atoms with van der Waals surface area (Å²) in [4.78, 5) is 49.7. The van der Waals surface area contributed by atoms with Crippen molar-refractivity contribution in [1.29, 1.82) is 0 Å². The molecule has 10 heteroatoms. The van der Waals surface area contributed by atoms with Gasteiger partial charge in [0, 0.05) is 37.4 Å². The molecule has 2 aliphatic rings. The third-order valence-electron chi connectivity index (χ3n) is 5.80. The number of hydrogen-bond donors (Lipinski definition) is 2. The first kappa shape index (κ1) is 22.7. The quantitative estimate of drug-likeness (QED) is 0.637. The summed E-state index contributed by atoms with van der Waals surface area (Å²) in [5.41, 5.74) is 3.21. The standard InChI is InChI=1S/C23H23N3O6S/c1-13(27)24-19-6-4-17(33(2,31)32)11-15(19)9-14-3-5-18-16(10-14)12-26(23(18)30)20-7-8-21(28)25-22(20)29/h3-6,10-11,20H,7-9,12H2,1-2H3,(H,24,27)(H,25,28,29). The molecule has 1 saturated heterocycles. The Morgan fingerprint density at radius 2 is 1.91 bits per heavy atom. The molecule has 1 unspecified atom stereocenters. The Kier molecular flexibility index (Phi) is 5.79. The fraction of sp³-hybridized carbons (Fsp3) is 0.304. The molecular weight excluding hydrogens is 446 g/mol. The topological polar surface area (TPSA) is 130 Å². The second-order valence-electron chi connectivity index (χ2n) is 8.34. The summed E-state index contributed by atoms with van der Waals surface area (Å²) in [6.07, 6.45) is 1.92. The highest BCUT2D eigenvalue weighted by Gasteiger charge is 2.39. The van der Waals surface area contributed by atoms with E-state index < -0.39 is 21.8 Å². The van der Waals surface area contributed by atoms with Gasteiger partial charge in [-0.15, -0.1) is 0 Å². The fourth-order valence-corrected chi connectivity index (χ4v) is 4.89. The lowest BCUT2D eigenvalue weighted by molar-refractivity contribution is -0.137. The first-order valence-electron chi connectivity index (χ1n) is 10.4. The van der Waals surface area contributed by atoms with Crippen LogP contribution in [0.25, 0.3) is 0 Å². The molecule has 0 aliphatic carbocycles. The first-order valence-corrected chi connectivity index (χ1v) is 12.3. The lowest BCUT2D eigenvalue weighted by Crippen LogP contribution is -2.52. The van der Waals surface area contributed by atoms with Gasteiger partial charge in [0.25, 0.3) is 5.91 Å². The summed E-state index contributed by atoms with van der Waals surface area (Å²) in [5, 5.41) is 5.00. The Bertz CT molecular complexity index is 1300. The third kappa shape index (κ3) is 4.65. The molecule has 0 bridgehead atoms. The van der Waals surface area contributed by atoms with Crippen molar-refractivity contribution >= 4 is 39.2 Å². The minimum Gasteiger partial charge on any atom is -0.326 e. The van der Waals surface area contributed by atoms with Crippen molar-refractivity contribution in [2.45, 2.75) is 43.7 Å². The molecular formula is C23H23N3O6S. The van der Waals surface area contributed by atoms with Gasteiger partial charge in [-0.1, -0.05) is 12.1 Å². The van der Waals surface area contributed by atoms with Gasteiger partial charge in [0.1, 0.15) is 6.04 Å². The molecule has 2 aromatic carbocycles. The summed E-state index contributed by atoms with van der Waals surface area (Å²) < 4.78 is 24.0. The van der Waals surface area contributed by atoms with Crippen molar-refractivity contribution in [1.82, 2.24) is 10.2 Å². The van der Waals surface area contributed by atoms with Crippen LogP contribution in [0, 0.1) is 0 Å². The van der Waals surface area contributed by atoms with Crippen molar-refractivity contribution in [3.05, 3.63) is 58.7 Å². The zero-order valence-electron chi connectivity index (χ0n) is 18.2. The number of anilines is 1. The van der Waals surface area contributed by atoms with E-state index in [-0.39, 0.29) is 42.0 Å². The summed E-state index contributed by atoms with van der Waals surface area (Å²) in [6.45, 7) is 1.62. The smallest absolute Gasteiger partial charge is 0.255 e. The highest BCUT2D eigenvalue weighted by atomic mass is 32.2. The molecule has 4 rings (SSSR count). The molecule has 172 valence electrons. The van der Waals surface area contributed by atoms with Crippen LogP contribution in [-0.4, -0.2) is 49.2 Å². The Morgan fingerprint density at radius 1 is 1.15 bits per heavy atom. The molecule has 1 atom stereocenters. The van der Waals surface area contributed by atoms with Crippen molar-refractivity contribution in [3.63, 3.8) is 0 Å². The second kappa shape index (κ2) is 8.43. The SMILES string of the molecule is CC(=O)Nc1ccc(S(C)(=O)=O)cc1Cc1ccc2c(c1)CN(C1CCC(=O)NC1=O)C2=O. The van der Waals surface area contributed by atoms with E-state index in [9.17, 15) is 27.6 Å². The third-order valence-corrected chi connectivity index (χ3v) is 6.91. The monoisotopic (exact) mass is 469 g/mol. The average Bonchev–Trinajstić information content (AvgIpc) is 3.04. The number of sulfone groups is 1. The largest absolute Gasteiger partial charge is 0.326 e. The molecule has 2 aliphatic heterocycles. The van der Waals surface area contributed by atoms with Gasteiger partial charge in [-0.25, -0.2) is 8.42 Å². The Labute approximate surface area is 191 Å². The number of imide groups is 1. The number of amides is 4. The number of carbonyl (C=O) groups is 4. The summed E-state index contributed by atoms with van der Waals surface area (Å²) in [7, 11) is -3.43. The van der Waals surface area contributed by atoms with Crippen LogP contribution < -0.4 is 10.6 Å². The number of rotatable bonds is 5. The zero-order valence-corrected chi connectivity index (χ0v) is 19.0. The maximum Gasteiger partial charge on any atom is 0.255 e. The van der Waals surface area contributed by atoms with Crippen LogP contribution in [0.2, 0.25) is 0 Å². The Balaban J connectivity index is 1.62. The van der Waals surface area contributed by atoms with E-state index in [0.717, 1.165) is 17.4 Å². The summed E-state index contributed by atoms with van der Waals surface area (Å²) in [5.74, 6) is -1.34. The lowest BCUT2D eigenvalue weighted by atomic mass is 9.99. The summed E-state index contributed by atoms with van der Waals surface area (Å²) in [6, 6.07) is 9.17. The molecule has 4 amide bonds. The molecule has 0 aromatic heterocycles. The maximum atomic E-state index is 12.9. The van der Waals surface area contributed by atoms with Crippen molar-refractivity contribution < 1.29 is 27.6 Å². The molecule has 2 N–H and O–H groups in total. The number of nitrogens with zero attached hydrogens (tertiary/aromatic N) is 1. The second-order valence-corrected chi connectivity index (χ2v) is 10.4. The van der Waals surface area contributed by atoms with E-state index in [1.54, 1.807) is 18.2 Å². The zero-order chi connectivity index (χ0) is 23.9. The Morgan fingerprint density at radius 3 is 2.58 bits per heavy atom. The summed E-state index contributed by atoms with van der Waals surface area (Å²) >= 11 is 0. The van der Waals surface area contributed by atoms with E-state index in [0.29, 0.717) is 23.2 Å². The minimum atomic E-state index is -3.43. The number of nitrogens with one attached hydrogen (secondary N) is 2. The molecule has 0 saturated carbocycles. The molecule has 0 radical (unpaired) electrons. The van der Waals surface area contributed by atoms with E-state index in [4.69, 9.17) is 0 Å². The minimum absolute atomic E-state index is 0.145. The number of fused-ring (bicyclic) bond motifs is 1. The number of hydrogen-bond acceptors (Lipinski definition) is 6. The number of benzene rings is 2. The van der Waals surface area contributed by atoms with E-state index in [1.807, 2.05) is 6.07 Å². The van der Waals surface area contributed by atoms with Crippen LogP contribution in [0.3, 0.4) is 0 Å². The van der Waals surface area contributed by atoms with E-state index in [2.05, 4.69) is 10.6 Å². The molecule has 33 heavy (non-hydrogen) atoms. The molecule has 1 fully saturated rings. The predicted molar refractivity (Wildman–Crippen MR) is 119 cm³/mol. The van der Waals surface area contributed by atoms with Gasteiger partial charge in [0.15, 0.2) is 9.84 Å².